The first-order chi connectivity index (χ1) is 15.3. The highest BCUT2D eigenvalue weighted by Crippen LogP contribution is 2.32. The van der Waals surface area contributed by atoms with Gasteiger partial charge in [0.2, 0.25) is 0 Å². The molecular formula is C24H27FN2O5. The normalized spacial score (nSPS) is 13.1. The molecule has 2 N–H and O–H groups in total. The lowest BCUT2D eigenvalue weighted by Crippen LogP contribution is -2.32. The largest absolute Gasteiger partial charge is 0.459 e. The molecule has 32 heavy (non-hydrogen) atoms. The maximum absolute atomic E-state index is 14.2. The predicted octanol–water partition coefficient (Wildman–Crippen LogP) is 4.27. The molecule has 3 rings (SSSR count). The molecule has 0 bridgehead atoms. The van der Waals surface area contributed by atoms with Gasteiger partial charge in [-0.15, -0.1) is 0 Å². The number of aryl methyl sites for hydroxylation is 2. The summed E-state index contributed by atoms with van der Waals surface area (Å²) in [7, 11) is 0. The number of benzene rings is 2. The molecule has 0 spiro atoms. The van der Waals surface area contributed by atoms with Crippen LogP contribution in [-0.4, -0.2) is 30.9 Å². The third kappa shape index (κ3) is 5.63. The zero-order valence-electron chi connectivity index (χ0n) is 18.4. The van der Waals surface area contributed by atoms with Crippen molar-refractivity contribution in [2.24, 2.45) is 5.92 Å². The van der Waals surface area contributed by atoms with Crippen LogP contribution in [0.5, 0.6) is 11.5 Å². The van der Waals surface area contributed by atoms with Crippen molar-refractivity contribution in [2.45, 2.75) is 40.0 Å². The van der Waals surface area contributed by atoms with Crippen LogP contribution in [0.4, 0.5) is 10.1 Å². The van der Waals surface area contributed by atoms with Crippen molar-refractivity contribution in [1.82, 2.24) is 5.32 Å². The van der Waals surface area contributed by atoms with Crippen LogP contribution in [-0.2, 0) is 14.3 Å². The Morgan fingerprint density at radius 1 is 1.09 bits per heavy atom. The summed E-state index contributed by atoms with van der Waals surface area (Å²) in [6.45, 7) is 5.82. The van der Waals surface area contributed by atoms with E-state index < -0.39 is 23.6 Å². The summed E-state index contributed by atoms with van der Waals surface area (Å²) < 4.78 is 24.9. The number of carbonyl (C=O) groups excluding carboxylic acids is 3. The number of amides is 2. The Kier molecular flexibility index (Phi) is 7.45. The van der Waals surface area contributed by atoms with E-state index in [1.165, 1.54) is 24.6 Å². The summed E-state index contributed by atoms with van der Waals surface area (Å²) >= 11 is 0. The van der Waals surface area contributed by atoms with Gasteiger partial charge in [-0.05, 0) is 81.0 Å². The quantitative estimate of drug-likeness (QED) is 0.494. The van der Waals surface area contributed by atoms with Gasteiger partial charge in [0.1, 0.15) is 17.3 Å². The minimum Gasteiger partial charge on any atom is -0.459 e. The summed E-state index contributed by atoms with van der Waals surface area (Å²) in [4.78, 5) is 35.8. The van der Waals surface area contributed by atoms with Crippen LogP contribution < -0.4 is 15.4 Å². The molecule has 1 saturated carbocycles. The lowest BCUT2D eigenvalue weighted by Gasteiger charge is -2.25. The minimum atomic E-state index is -0.961. The highest BCUT2D eigenvalue weighted by molar-refractivity contribution is 6.37. The van der Waals surface area contributed by atoms with Crippen LogP contribution in [0.25, 0.3) is 0 Å². The number of carbonyl (C=O) groups is 3. The fourth-order valence-corrected chi connectivity index (χ4v) is 3.45. The summed E-state index contributed by atoms with van der Waals surface area (Å²) in [5.41, 5.74) is 1.71. The Morgan fingerprint density at radius 3 is 2.38 bits per heavy atom. The van der Waals surface area contributed by atoms with Crippen molar-refractivity contribution < 1.29 is 28.2 Å². The fraction of sp³-hybridized carbons (Fsp3) is 0.375. The second-order valence-corrected chi connectivity index (χ2v) is 7.86. The van der Waals surface area contributed by atoms with E-state index in [4.69, 9.17) is 4.74 Å². The molecule has 2 aromatic rings. The molecule has 1 aliphatic carbocycles. The first-order valence-corrected chi connectivity index (χ1v) is 10.6. The van der Waals surface area contributed by atoms with E-state index >= 15 is 0 Å². The topological polar surface area (TPSA) is 93.7 Å². The average molecular weight is 442 g/mol. The number of ether oxygens (including phenoxy) is 2. The Hall–Kier alpha value is -3.42. The van der Waals surface area contributed by atoms with Gasteiger partial charge < -0.3 is 20.1 Å². The number of rotatable bonds is 7. The molecule has 0 unspecified atom stereocenters. The van der Waals surface area contributed by atoms with Crippen molar-refractivity contribution in [2.75, 3.05) is 18.5 Å². The van der Waals surface area contributed by atoms with E-state index in [2.05, 4.69) is 15.4 Å². The van der Waals surface area contributed by atoms with Crippen LogP contribution in [0, 0.1) is 25.6 Å². The monoisotopic (exact) mass is 442 g/mol. The van der Waals surface area contributed by atoms with Crippen LogP contribution in [0.3, 0.4) is 0 Å². The maximum atomic E-state index is 14.2. The number of hydrogen-bond donors (Lipinski definition) is 2. The number of halogens is 1. The molecular weight excluding hydrogens is 415 g/mol. The highest BCUT2D eigenvalue weighted by atomic mass is 19.1. The van der Waals surface area contributed by atoms with Gasteiger partial charge in [-0.1, -0.05) is 6.42 Å². The molecule has 0 aromatic heterocycles. The number of anilines is 1. The van der Waals surface area contributed by atoms with E-state index in [0.29, 0.717) is 40.8 Å². The lowest BCUT2D eigenvalue weighted by molar-refractivity contribution is -0.152. The zero-order chi connectivity index (χ0) is 23.3. The van der Waals surface area contributed by atoms with Gasteiger partial charge in [0.25, 0.3) is 5.91 Å². The molecule has 0 aliphatic heterocycles. The highest BCUT2D eigenvalue weighted by Gasteiger charge is 2.20. The maximum Gasteiger partial charge on any atom is 0.397 e. The van der Waals surface area contributed by atoms with Crippen LogP contribution in [0.15, 0.2) is 30.3 Å². The average Bonchev–Trinajstić information content (AvgIpc) is 2.70. The molecule has 0 heterocycles. The summed E-state index contributed by atoms with van der Waals surface area (Å²) in [6, 6.07) is 7.32. The van der Waals surface area contributed by atoms with Crippen LogP contribution >= 0.6 is 0 Å². The molecule has 8 heteroatoms. The van der Waals surface area contributed by atoms with Crippen molar-refractivity contribution in [3.8, 4) is 11.5 Å². The van der Waals surface area contributed by atoms with E-state index in [-0.39, 0.29) is 12.2 Å². The molecule has 0 atom stereocenters. The van der Waals surface area contributed by atoms with Gasteiger partial charge in [0.05, 0.1) is 12.2 Å². The van der Waals surface area contributed by atoms with Crippen molar-refractivity contribution >= 4 is 23.5 Å². The van der Waals surface area contributed by atoms with Crippen molar-refractivity contribution in [3.63, 3.8) is 0 Å². The SMILES string of the molecule is CCOC(=O)C(=O)Nc1cc(C)c(Oc2ccc(F)c(C(=O)NCC3CCC3)c2)c(C)c1. The third-order valence-electron chi connectivity index (χ3n) is 5.36. The van der Waals surface area contributed by atoms with E-state index in [1.54, 1.807) is 32.9 Å². The third-order valence-corrected chi connectivity index (χ3v) is 5.36. The van der Waals surface area contributed by atoms with E-state index in [9.17, 15) is 18.8 Å². The molecule has 0 saturated heterocycles. The van der Waals surface area contributed by atoms with Gasteiger partial charge >= 0.3 is 11.9 Å². The molecule has 170 valence electrons. The van der Waals surface area contributed by atoms with Gasteiger partial charge in [0, 0.05) is 12.2 Å². The summed E-state index contributed by atoms with van der Waals surface area (Å²) in [5, 5.41) is 5.28. The second kappa shape index (κ2) is 10.3. The molecule has 0 radical (unpaired) electrons. The summed E-state index contributed by atoms with van der Waals surface area (Å²) in [5.74, 6) is -1.62. The first-order valence-electron chi connectivity index (χ1n) is 10.6. The molecule has 2 amide bonds. The molecule has 2 aromatic carbocycles. The van der Waals surface area contributed by atoms with Gasteiger partial charge in [-0.2, -0.15) is 0 Å². The fourth-order valence-electron chi connectivity index (χ4n) is 3.45. The van der Waals surface area contributed by atoms with E-state index in [1.807, 2.05) is 0 Å². The van der Waals surface area contributed by atoms with Crippen LogP contribution in [0.2, 0.25) is 0 Å². The Balaban J connectivity index is 1.73. The Morgan fingerprint density at radius 2 is 1.78 bits per heavy atom. The van der Waals surface area contributed by atoms with Crippen LogP contribution in [0.1, 0.15) is 47.7 Å². The Labute approximate surface area is 186 Å². The second-order valence-electron chi connectivity index (χ2n) is 7.86. The smallest absolute Gasteiger partial charge is 0.397 e. The predicted molar refractivity (Wildman–Crippen MR) is 117 cm³/mol. The molecule has 1 aliphatic rings. The van der Waals surface area contributed by atoms with E-state index in [0.717, 1.165) is 12.8 Å². The first kappa shape index (κ1) is 23.2. The standard InChI is InChI=1S/C24H27FN2O5/c1-4-31-24(30)23(29)27-17-10-14(2)21(15(3)11-17)32-18-8-9-20(25)19(12-18)22(28)26-13-16-6-5-7-16/h8-12,16H,4-7,13H2,1-3H3,(H,26,28)(H,27,29). The Bertz CT molecular complexity index is 1010. The van der Waals surface area contributed by atoms with Gasteiger partial charge in [-0.25, -0.2) is 9.18 Å². The number of esters is 1. The lowest BCUT2D eigenvalue weighted by atomic mass is 9.85. The number of hydrogen-bond acceptors (Lipinski definition) is 5. The molecule has 7 nitrogen and oxygen atoms in total. The van der Waals surface area contributed by atoms with Gasteiger partial charge in [-0.3, -0.25) is 9.59 Å². The zero-order valence-corrected chi connectivity index (χ0v) is 18.4. The summed E-state index contributed by atoms with van der Waals surface area (Å²) in [6.07, 6.45) is 3.34. The van der Waals surface area contributed by atoms with Crippen molar-refractivity contribution in [3.05, 3.63) is 52.8 Å². The minimum absolute atomic E-state index is 0.0737. The molecule has 1 fully saturated rings. The van der Waals surface area contributed by atoms with Crippen molar-refractivity contribution in [1.29, 1.82) is 0 Å². The van der Waals surface area contributed by atoms with Gasteiger partial charge in [0.15, 0.2) is 0 Å². The number of nitrogens with one attached hydrogen (secondary N) is 2.